The maximum Gasteiger partial charge on any atom is 0.223 e. The van der Waals surface area contributed by atoms with Gasteiger partial charge in [0.05, 0.1) is 6.04 Å². The van der Waals surface area contributed by atoms with E-state index in [9.17, 15) is 4.79 Å². The molecule has 0 N–H and O–H groups in total. The normalized spacial score (nSPS) is 24.7. The van der Waals surface area contributed by atoms with Crippen molar-refractivity contribution in [2.24, 2.45) is 5.92 Å². The minimum Gasteiger partial charge on any atom is -0.466 e. The predicted octanol–water partition coefficient (Wildman–Crippen LogP) is 4.48. The number of hydrogen-bond acceptors (Lipinski definition) is 2. The van der Waals surface area contributed by atoms with Gasteiger partial charge in [0.25, 0.3) is 0 Å². The summed E-state index contributed by atoms with van der Waals surface area (Å²) >= 11 is 0. The smallest absolute Gasteiger partial charge is 0.223 e. The number of aryl methyl sites for hydroxylation is 2. The number of fused-ring (bicyclic) bond motifs is 1. The molecule has 1 amide bonds. The third kappa shape index (κ3) is 2.88. The van der Waals surface area contributed by atoms with Crippen LogP contribution in [0.15, 0.2) is 40.8 Å². The first-order chi connectivity index (χ1) is 11.6. The largest absolute Gasteiger partial charge is 0.466 e. The van der Waals surface area contributed by atoms with Gasteiger partial charge in [-0.15, -0.1) is 0 Å². The molecule has 1 heterocycles. The average molecular weight is 323 g/mol. The van der Waals surface area contributed by atoms with Gasteiger partial charge in [-0.05, 0) is 48.4 Å². The van der Waals surface area contributed by atoms with Gasteiger partial charge in [-0.3, -0.25) is 4.79 Å². The Morgan fingerprint density at radius 3 is 2.83 bits per heavy atom. The second-order valence-electron chi connectivity index (χ2n) is 7.38. The molecule has 126 valence electrons. The highest BCUT2D eigenvalue weighted by Crippen LogP contribution is 2.47. The van der Waals surface area contributed by atoms with E-state index in [1.807, 2.05) is 18.0 Å². The summed E-state index contributed by atoms with van der Waals surface area (Å²) < 4.78 is 5.92. The molecular weight excluding hydrogens is 298 g/mol. The zero-order valence-electron chi connectivity index (χ0n) is 14.5. The molecule has 3 atom stereocenters. The molecule has 0 saturated heterocycles. The zero-order valence-corrected chi connectivity index (χ0v) is 14.5. The maximum absolute atomic E-state index is 12.6. The molecule has 2 aliphatic carbocycles. The highest BCUT2D eigenvalue weighted by Gasteiger charge is 2.36. The lowest BCUT2D eigenvalue weighted by Gasteiger charge is -2.25. The summed E-state index contributed by atoms with van der Waals surface area (Å²) in [5, 5.41) is 0. The van der Waals surface area contributed by atoms with E-state index in [2.05, 4.69) is 37.3 Å². The van der Waals surface area contributed by atoms with E-state index in [1.54, 1.807) is 0 Å². The number of rotatable bonds is 5. The molecule has 0 radical (unpaired) electrons. The van der Waals surface area contributed by atoms with Crippen molar-refractivity contribution in [2.75, 3.05) is 7.05 Å². The van der Waals surface area contributed by atoms with Gasteiger partial charge in [-0.25, -0.2) is 0 Å². The molecule has 1 fully saturated rings. The summed E-state index contributed by atoms with van der Waals surface area (Å²) in [5.41, 5.74) is 2.70. The predicted molar refractivity (Wildman–Crippen MR) is 93.8 cm³/mol. The number of benzene rings is 1. The third-order valence-corrected chi connectivity index (χ3v) is 5.70. The van der Waals surface area contributed by atoms with Crippen molar-refractivity contribution in [1.82, 2.24) is 4.90 Å². The number of amides is 1. The van der Waals surface area contributed by atoms with Gasteiger partial charge >= 0.3 is 0 Å². The quantitative estimate of drug-likeness (QED) is 0.813. The lowest BCUT2D eigenvalue weighted by Crippen LogP contribution is -2.30. The molecule has 1 aromatic carbocycles. The Kier molecular flexibility index (Phi) is 3.95. The molecule has 2 aliphatic rings. The van der Waals surface area contributed by atoms with E-state index < -0.39 is 0 Å². The minimum absolute atomic E-state index is 0.203. The van der Waals surface area contributed by atoms with Crippen LogP contribution in [0.1, 0.15) is 60.8 Å². The van der Waals surface area contributed by atoms with Gasteiger partial charge in [0, 0.05) is 25.8 Å². The van der Waals surface area contributed by atoms with E-state index in [0.717, 1.165) is 30.3 Å². The first kappa shape index (κ1) is 15.5. The molecule has 2 aromatic rings. The molecule has 0 spiro atoms. The Labute approximate surface area is 143 Å². The van der Waals surface area contributed by atoms with Crippen molar-refractivity contribution in [3.63, 3.8) is 0 Å². The average Bonchev–Trinajstić information content (AvgIpc) is 3.03. The fourth-order valence-electron chi connectivity index (χ4n) is 3.96. The molecule has 1 saturated carbocycles. The van der Waals surface area contributed by atoms with Crippen molar-refractivity contribution in [3.8, 4) is 0 Å². The third-order valence-electron chi connectivity index (χ3n) is 5.70. The van der Waals surface area contributed by atoms with E-state index >= 15 is 0 Å². The summed E-state index contributed by atoms with van der Waals surface area (Å²) in [6.45, 7) is 2.25. The number of nitrogens with zero attached hydrogens (tertiary/aromatic N) is 1. The Balaban J connectivity index is 1.35. The zero-order chi connectivity index (χ0) is 16.7. The van der Waals surface area contributed by atoms with Crippen molar-refractivity contribution in [3.05, 3.63) is 59.0 Å². The summed E-state index contributed by atoms with van der Waals surface area (Å²) in [7, 11) is 1.94. The molecule has 0 aliphatic heterocycles. The number of carbonyl (C=O) groups excluding carboxylic acids is 1. The summed E-state index contributed by atoms with van der Waals surface area (Å²) in [4.78, 5) is 14.5. The first-order valence-electron chi connectivity index (χ1n) is 9.05. The van der Waals surface area contributed by atoms with Crippen LogP contribution < -0.4 is 0 Å². The van der Waals surface area contributed by atoms with Gasteiger partial charge in [-0.1, -0.05) is 31.2 Å². The second-order valence-corrected chi connectivity index (χ2v) is 7.38. The van der Waals surface area contributed by atoms with Gasteiger partial charge in [0.2, 0.25) is 5.91 Å². The van der Waals surface area contributed by atoms with Crippen molar-refractivity contribution >= 4 is 5.91 Å². The molecule has 1 aromatic heterocycles. The van der Waals surface area contributed by atoms with Gasteiger partial charge in [-0.2, -0.15) is 0 Å². The topological polar surface area (TPSA) is 33.5 Å². The van der Waals surface area contributed by atoms with Crippen LogP contribution in [0.25, 0.3) is 0 Å². The highest BCUT2D eigenvalue weighted by atomic mass is 16.3. The Bertz CT molecular complexity index is 748. The first-order valence-corrected chi connectivity index (χ1v) is 9.05. The van der Waals surface area contributed by atoms with Crippen LogP contribution in [0.5, 0.6) is 0 Å². The van der Waals surface area contributed by atoms with Crippen molar-refractivity contribution < 1.29 is 9.21 Å². The van der Waals surface area contributed by atoms with Gasteiger partial charge in [0.1, 0.15) is 11.5 Å². The summed E-state index contributed by atoms with van der Waals surface area (Å²) in [5.74, 6) is 3.60. The van der Waals surface area contributed by atoms with Gasteiger partial charge < -0.3 is 9.32 Å². The standard InChI is InChI=1S/C21H25NO2/c1-14-13-18(14)20-11-8-16(24-20)9-12-21(23)22(2)19-10-7-15-5-3-4-6-17(15)19/h3-6,8,11,14,18-19H,7,9-10,12-13H2,1-2H3/t14-,18+,19+/m1/s1. The van der Waals surface area contributed by atoms with Crippen LogP contribution in [0.3, 0.4) is 0 Å². The maximum atomic E-state index is 12.6. The number of carbonyl (C=O) groups is 1. The second kappa shape index (κ2) is 6.12. The Morgan fingerprint density at radius 1 is 1.25 bits per heavy atom. The lowest BCUT2D eigenvalue weighted by molar-refractivity contribution is -0.132. The molecule has 3 nitrogen and oxygen atoms in total. The Morgan fingerprint density at radius 2 is 2.04 bits per heavy atom. The highest BCUT2D eigenvalue weighted by molar-refractivity contribution is 5.76. The molecule has 4 rings (SSSR count). The molecule has 0 unspecified atom stereocenters. The molecule has 0 bridgehead atoms. The van der Waals surface area contributed by atoms with Crippen LogP contribution in [-0.4, -0.2) is 17.9 Å². The van der Waals surface area contributed by atoms with Crippen LogP contribution in [0.2, 0.25) is 0 Å². The fourth-order valence-corrected chi connectivity index (χ4v) is 3.96. The van der Waals surface area contributed by atoms with E-state index in [0.29, 0.717) is 18.8 Å². The number of furan rings is 1. The number of hydrogen-bond donors (Lipinski definition) is 0. The SMILES string of the molecule is C[C@@H]1C[C@@H]1c1ccc(CCC(=O)N(C)[C@H]2CCc3ccccc32)o1. The van der Waals surface area contributed by atoms with E-state index in [1.165, 1.54) is 17.5 Å². The van der Waals surface area contributed by atoms with Gasteiger partial charge in [0.15, 0.2) is 0 Å². The van der Waals surface area contributed by atoms with Crippen molar-refractivity contribution in [2.45, 2.75) is 51.0 Å². The van der Waals surface area contributed by atoms with Crippen LogP contribution in [0.4, 0.5) is 0 Å². The van der Waals surface area contributed by atoms with Crippen LogP contribution in [-0.2, 0) is 17.6 Å². The monoisotopic (exact) mass is 323 g/mol. The van der Waals surface area contributed by atoms with Crippen LogP contribution >= 0.6 is 0 Å². The fraction of sp³-hybridized carbons (Fsp3) is 0.476. The Hall–Kier alpha value is -2.03. The van der Waals surface area contributed by atoms with Crippen molar-refractivity contribution in [1.29, 1.82) is 0 Å². The minimum atomic E-state index is 0.203. The lowest BCUT2D eigenvalue weighted by atomic mass is 10.1. The van der Waals surface area contributed by atoms with E-state index in [4.69, 9.17) is 4.42 Å². The molecular formula is C21H25NO2. The molecule has 24 heavy (non-hydrogen) atoms. The van der Waals surface area contributed by atoms with E-state index in [-0.39, 0.29) is 11.9 Å². The molecule has 3 heteroatoms. The summed E-state index contributed by atoms with van der Waals surface area (Å²) in [6.07, 6.45) is 4.54. The summed E-state index contributed by atoms with van der Waals surface area (Å²) in [6, 6.07) is 12.8. The van der Waals surface area contributed by atoms with Crippen LogP contribution in [0, 0.1) is 5.92 Å².